The lowest BCUT2D eigenvalue weighted by Gasteiger charge is -2.39. The van der Waals surface area contributed by atoms with Crippen molar-refractivity contribution in [2.75, 3.05) is 53.4 Å². The van der Waals surface area contributed by atoms with Crippen LogP contribution in [0.4, 0.5) is 0 Å². The summed E-state index contributed by atoms with van der Waals surface area (Å²) in [6.07, 6.45) is 1.52. The smallest absolute Gasteiger partial charge is 0.243 e. The normalized spacial score (nSPS) is 20.7. The highest BCUT2D eigenvalue weighted by Crippen LogP contribution is 2.22. The van der Waals surface area contributed by atoms with Gasteiger partial charge < -0.3 is 9.80 Å². The van der Waals surface area contributed by atoms with Crippen molar-refractivity contribution >= 4 is 21.8 Å². The third-order valence-corrected chi connectivity index (χ3v) is 8.07. The number of carbonyl (C=O) groups excluding carboxylic acids is 2. The van der Waals surface area contributed by atoms with Crippen LogP contribution in [0.3, 0.4) is 0 Å². The van der Waals surface area contributed by atoms with Crippen LogP contribution in [0.25, 0.3) is 0 Å². The Bertz CT molecular complexity index is 843. The first-order valence-electron chi connectivity index (χ1n) is 10.5. The summed E-state index contributed by atoms with van der Waals surface area (Å²) in [6.45, 7) is 4.74. The predicted octanol–water partition coefficient (Wildman–Crippen LogP) is 0.708. The largest absolute Gasteiger partial charge is 0.349 e. The highest BCUT2D eigenvalue weighted by atomic mass is 32.2. The van der Waals surface area contributed by atoms with Crippen molar-refractivity contribution in [3.8, 4) is 0 Å². The molecule has 0 aromatic heterocycles. The van der Waals surface area contributed by atoms with Gasteiger partial charge in [0.25, 0.3) is 0 Å². The number of piperazine rings is 1. The maximum Gasteiger partial charge on any atom is 0.243 e. The quantitative estimate of drug-likeness (QED) is 0.679. The molecule has 2 fully saturated rings. The van der Waals surface area contributed by atoms with E-state index in [0.717, 1.165) is 25.9 Å². The lowest BCUT2D eigenvalue weighted by atomic mass is 9.94. The third kappa shape index (κ3) is 4.84. The maximum atomic E-state index is 13.0. The minimum Gasteiger partial charge on any atom is -0.349 e. The molecular weight excluding hydrogens is 404 g/mol. The average Bonchev–Trinajstić information content (AvgIpc) is 2.78. The summed E-state index contributed by atoms with van der Waals surface area (Å²) in [5.74, 6) is 0.221. The molecule has 166 valence electrons. The van der Waals surface area contributed by atoms with Crippen LogP contribution < -0.4 is 0 Å². The van der Waals surface area contributed by atoms with Gasteiger partial charge in [-0.3, -0.25) is 14.5 Å². The van der Waals surface area contributed by atoms with Gasteiger partial charge in [0.2, 0.25) is 21.8 Å². The molecule has 1 unspecified atom stereocenters. The van der Waals surface area contributed by atoms with Gasteiger partial charge in [0.1, 0.15) is 0 Å². The molecule has 1 aromatic carbocycles. The molecule has 2 heterocycles. The first-order chi connectivity index (χ1) is 14.2. The Morgan fingerprint density at radius 1 is 0.967 bits per heavy atom. The molecule has 2 saturated heterocycles. The van der Waals surface area contributed by atoms with Gasteiger partial charge in [-0.25, -0.2) is 8.42 Å². The molecule has 0 N–H and O–H groups in total. The van der Waals surface area contributed by atoms with E-state index in [1.165, 1.54) is 4.31 Å². The fraction of sp³-hybridized carbons (Fsp3) is 0.619. The molecule has 1 atom stereocenters. The Balaban J connectivity index is 1.52. The van der Waals surface area contributed by atoms with Gasteiger partial charge in [0.05, 0.1) is 10.9 Å². The fourth-order valence-corrected chi connectivity index (χ4v) is 5.65. The number of likely N-dealkylation sites (tertiary alicyclic amines) is 1. The summed E-state index contributed by atoms with van der Waals surface area (Å²) in [6, 6.07) is 8.14. The average molecular weight is 437 g/mol. The van der Waals surface area contributed by atoms with E-state index in [9.17, 15) is 18.0 Å². The van der Waals surface area contributed by atoms with Crippen LogP contribution in [0, 0.1) is 5.92 Å². The van der Waals surface area contributed by atoms with Crippen molar-refractivity contribution in [3.05, 3.63) is 30.3 Å². The van der Waals surface area contributed by atoms with Crippen molar-refractivity contribution < 1.29 is 18.0 Å². The number of rotatable bonds is 5. The SMILES string of the molecule is CC(C(=O)N1CCN(S(=O)(=O)c2ccccc2)CC1)N1CCC(C(=O)N(C)C)CC1. The minimum atomic E-state index is -3.52. The van der Waals surface area contributed by atoms with Crippen LogP contribution in [0.5, 0.6) is 0 Å². The number of piperidine rings is 1. The van der Waals surface area contributed by atoms with Gasteiger partial charge in [-0.15, -0.1) is 0 Å². The van der Waals surface area contributed by atoms with Crippen molar-refractivity contribution in [2.45, 2.75) is 30.7 Å². The third-order valence-electron chi connectivity index (χ3n) is 6.16. The van der Waals surface area contributed by atoms with Crippen LogP contribution in [0.15, 0.2) is 35.2 Å². The van der Waals surface area contributed by atoms with E-state index in [1.54, 1.807) is 54.2 Å². The number of amides is 2. The monoisotopic (exact) mass is 436 g/mol. The standard InChI is InChI=1S/C21H32N4O4S/c1-17(23-11-9-18(10-12-23)21(27)22(2)3)20(26)24-13-15-25(16-14-24)30(28,29)19-7-5-4-6-8-19/h4-8,17-18H,9-16H2,1-3H3. The lowest BCUT2D eigenvalue weighted by molar-refractivity contribution is -0.139. The van der Waals surface area contributed by atoms with Crippen LogP contribution in [0.1, 0.15) is 19.8 Å². The van der Waals surface area contributed by atoms with Crippen LogP contribution >= 0.6 is 0 Å². The number of nitrogens with zero attached hydrogens (tertiary/aromatic N) is 4. The van der Waals surface area contributed by atoms with E-state index in [4.69, 9.17) is 0 Å². The summed E-state index contributed by atoms with van der Waals surface area (Å²) < 4.78 is 27.0. The van der Waals surface area contributed by atoms with Gasteiger partial charge in [0.15, 0.2) is 0 Å². The minimum absolute atomic E-state index is 0.0316. The molecule has 2 aliphatic rings. The van der Waals surface area contributed by atoms with Crippen molar-refractivity contribution in [1.82, 2.24) is 19.0 Å². The highest BCUT2D eigenvalue weighted by molar-refractivity contribution is 7.89. The molecular formula is C21H32N4O4S. The molecule has 2 aliphatic heterocycles. The Labute approximate surface area is 179 Å². The lowest BCUT2D eigenvalue weighted by Crippen LogP contribution is -2.56. The molecule has 0 aliphatic carbocycles. The number of sulfonamides is 1. The summed E-state index contributed by atoms with van der Waals surface area (Å²) >= 11 is 0. The highest BCUT2D eigenvalue weighted by Gasteiger charge is 2.35. The first kappa shape index (κ1) is 22.7. The van der Waals surface area contributed by atoms with Crippen LogP contribution in [0.2, 0.25) is 0 Å². The zero-order chi connectivity index (χ0) is 21.9. The summed E-state index contributed by atoms with van der Waals surface area (Å²) in [5, 5.41) is 0. The van der Waals surface area contributed by atoms with E-state index in [-0.39, 0.29) is 28.7 Å². The van der Waals surface area contributed by atoms with E-state index in [0.29, 0.717) is 26.2 Å². The van der Waals surface area contributed by atoms with E-state index < -0.39 is 10.0 Å². The Hall–Kier alpha value is -1.97. The summed E-state index contributed by atoms with van der Waals surface area (Å²) in [4.78, 5) is 31.0. The number of hydrogen-bond acceptors (Lipinski definition) is 5. The van der Waals surface area contributed by atoms with E-state index >= 15 is 0 Å². The second kappa shape index (κ2) is 9.45. The van der Waals surface area contributed by atoms with Crippen molar-refractivity contribution in [1.29, 1.82) is 0 Å². The molecule has 1 aromatic rings. The van der Waals surface area contributed by atoms with Gasteiger partial charge in [-0.1, -0.05) is 18.2 Å². The molecule has 0 saturated carbocycles. The molecule has 0 spiro atoms. The van der Waals surface area contributed by atoms with Crippen LogP contribution in [-0.2, 0) is 19.6 Å². The van der Waals surface area contributed by atoms with E-state index in [1.807, 2.05) is 6.92 Å². The summed E-state index contributed by atoms with van der Waals surface area (Å²) in [5.41, 5.74) is 0. The Morgan fingerprint density at radius 2 is 1.53 bits per heavy atom. The molecule has 0 bridgehead atoms. The number of hydrogen-bond donors (Lipinski definition) is 0. The second-order valence-electron chi connectivity index (χ2n) is 8.26. The molecule has 9 heteroatoms. The number of benzene rings is 1. The topological polar surface area (TPSA) is 81.2 Å². The van der Waals surface area contributed by atoms with Gasteiger partial charge in [0, 0.05) is 46.2 Å². The Morgan fingerprint density at radius 3 is 2.07 bits per heavy atom. The number of carbonyl (C=O) groups is 2. The van der Waals surface area contributed by atoms with E-state index in [2.05, 4.69) is 4.90 Å². The van der Waals surface area contributed by atoms with Gasteiger partial charge in [-0.2, -0.15) is 4.31 Å². The maximum absolute atomic E-state index is 13.0. The molecule has 3 rings (SSSR count). The fourth-order valence-electron chi connectivity index (χ4n) is 4.21. The molecule has 2 amide bonds. The van der Waals surface area contributed by atoms with Gasteiger partial charge >= 0.3 is 0 Å². The summed E-state index contributed by atoms with van der Waals surface area (Å²) in [7, 11) is 0.0283. The predicted molar refractivity (Wildman–Crippen MR) is 114 cm³/mol. The molecule has 8 nitrogen and oxygen atoms in total. The van der Waals surface area contributed by atoms with Crippen LogP contribution in [-0.4, -0.2) is 98.6 Å². The first-order valence-corrected chi connectivity index (χ1v) is 11.9. The van der Waals surface area contributed by atoms with Crippen molar-refractivity contribution in [3.63, 3.8) is 0 Å². The molecule has 30 heavy (non-hydrogen) atoms. The van der Waals surface area contributed by atoms with Crippen molar-refractivity contribution in [2.24, 2.45) is 5.92 Å². The zero-order valence-electron chi connectivity index (χ0n) is 18.0. The Kier molecular flexibility index (Phi) is 7.15. The molecule has 0 radical (unpaired) electrons. The second-order valence-corrected chi connectivity index (χ2v) is 10.2. The van der Waals surface area contributed by atoms with Gasteiger partial charge in [-0.05, 0) is 45.0 Å². The zero-order valence-corrected chi connectivity index (χ0v) is 18.8.